The van der Waals surface area contributed by atoms with Gasteiger partial charge in [0.05, 0.1) is 23.3 Å². The second-order valence-electron chi connectivity index (χ2n) is 8.95. The molecule has 1 aliphatic heterocycles. The van der Waals surface area contributed by atoms with Crippen molar-refractivity contribution < 1.29 is 13.9 Å². The molecule has 0 bridgehead atoms. The molecule has 3 aromatic heterocycles. The standard InChI is InChI=1S/C28H25N5O3/c1-17-30-16-27(35-17)19-8-10-20(11-9-19)36-26-15-24-23(31-28(32-24)22-6-3-4-12-29-22)14-21(26)25-7-5-13-33(25)18(2)34/h3-4,6,8-12,14-16,25H,5,7,13H2,1-2H3,(H,31,32). The monoisotopic (exact) mass is 479 g/mol. The molecule has 36 heavy (non-hydrogen) atoms. The highest BCUT2D eigenvalue weighted by Gasteiger charge is 2.31. The number of hydrogen-bond donors (Lipinski definition) is 1. The molecule has 8 nitrogen and oxygen atoms in total. The number of rotatable bonds is 5. The number of carbonyl (C=O) groups is 1. The van der Waals surface area contributed by atoms with Gasteiger partial charge >= 0.3 is 0 Å². The van der Waals surface area contributed by atoms with E-state index in [9.17, 15) is 4.79 Å². The fourth-order valence-corrected chi connectivity index (χ4v) is 4.80. The Morgan fingerprint density at radius 2 is 2.00 bits per heavy atom. The highest BCUT2D eigenvalue weighted by Crippen LogP contribution is 2.41. The zero-order chi connectivity index (χ0) is 24.6. The van der Waals surface area contributed by atoms with E-state index in [0.717, 1.165) is 47.2 Å². The van der Waals surface area contributed by atoms with Crippen molar-refractivity contribution in [3.63, 3.8) is 0 Å². The Balaban J connectivity index is 1.40. The first kappa shape index (κ1) is 22.0. The summed E-state index contributed by atoms with van der Waals surface area (Å²) in [5.74, 6) is 3.46. The number of H-pyrrole nitrogens is 1. The van der Waals surface area contributed by atoms with E-state index in [-0.39, 0.29) is 11.9 Å². The van der Waals surface area contributed by atoms with Gasteiger partial charge in [0.1, 0.15) is 17.2 Å². The lowest BCUT2D eigenvalue weighted by molar-refractivity contribution is -0.129. The van der Waals surface area contributed by atoms with E-state index in [1.165, 1.54) is 0 Å². The van der Waals surface area contributed by atoms with Gasteiger partial charge in [0.15, 0.2) is 17.5 Å². The SMILES string of the molecule is CC(=O)N1CCCC1c1cc2[nH]c(-c3ccccn3)nc2cc1Oc1ccc(-c2cnc(C)o2)cc1. The normalized spacial score (nSPS) is 15.5. The number of fused-ring (bicyclic) bond motifs is 1. The third kappa shape index (κ3) is 4.11. The van der Waals surface area contributed by atoms with Crippen molar-refractivity contribution in [3.8, 4) is 34.3 Å². The molecule has 2 aromatic carbocycles. The van der Waals surface area contributed by atoms with Crippen molar-refractivity contribution in [3.05, 3.63) is 78.4 Å². The van der Waals surface area contributed by atoms with Gasteiger partial charge in [-0.2, -0.15) is 0 Å². The van der Waals surface area contributed by atoms with Gasteiger partial charge in [-0.05, 0) is 55.3 Å². The van der Waals surface area contributed by atoms with Crippen molar-refractivity contribution in [2.75, 3.05) is 6.54 Å². The van der Waals surface area contributed by atoms with Crippen molar-refractivity contribution in [1.29, 1.82) is 0 Å². The second-order valence-corrected chi connectivity index (χ2v) is 8.95. The predicted octanol–water partition coefficient (Wildman–Crippen LogP) is 6.06. The van der Waals surface area contributed by atoms with Crippen LogP contribution in [0.5, 0.6) is 11.5 Å². The van der Waals surface area contributed by atoms with Crippen LogP contribution in [0.4, 0.5) is 0 Å². The lowest BCUT2D eigenvalue weighted by Crippen LogP contribution is -2.28. The maximum Gasteiger partial charge on any atom is 0.219 e. The number of carbonyl (C=O) groups excluding carboxylic acids is 1. The molecule has 0 spiro atoms. The van der Waals surface area contributed by atoms with E-state index >= 15 is 0 Å². The van der Waals surface area contributed by atoms with Crippen LogP contribution in [-0.2, 0) is 4.79 Å². The quantitative estimate of drug-likeness (QED) is 0.329. The number of aryl methyl sites for hydroxylation is 1. The van der Waals surface area contributed by atoms with Gasteiger partial charge in [0, 0.05) is 43.8 Å². The number of nitrogens with one attached hydrogen (secondary N) is 1. The summed E-state index contributed by atoms with van der Waals surface area (Å²) in [4.78, 5) is 31.0. The molecule has 1 amide bonds. The van der Waals surface area contributed by atoms with Gasteiger partial charge in [-0.25, -0.2) is 9.97 Å². The minimum absolute atomic E-state index is 0.0556. The van der Waals surface area contributed by atoms with Crippen LogP contribution in [0.2, 0.25) is 0 Å². The number of benzene rings is 2. The number of oxazole rings is 1. The summed E-state index contributed by atoms with van der Waals surface area (Å²) in [6.07, 6.45) is 5.29. The minimum Gasteiger partial charge on any atom is -0.457 e. The van der Waals surface area contributed by atoms with E-state index in [4.69, 9.17) is 14.1 Å². The zero-order valence-electron chi connectivity index (χ0n) is 20.1. The zero-order valence-corrected chi connectivity index (χ0v) is 20.1. The Morgan fingerprint density at radius 3 is 2.72 bits per heavy atom. The molecule has 0 radical (unpaired) electrons. The first-order chi connectivity index (χ1) is 17.5. The molecule has 1 unspecified atom stereocenters. The predicted molar refractivity (Wildman–Crippen MR) is 135 cm³/mol. The Morgan fingerprint density at radius 1 is 1.14 bits per heavy atom. The van der Waals surface area contributed by atoms with Crippen LogP contribution >= 0.6 is 0 Å². The molecule has 1 N–H and O–H groups in total. The number of likely N-dealkylation sites (tertiary alicyclic amines) is 1. The van der Waals surface area contributed by atoms with Crippen molar-refractivity contribution in [2.45, 2.75) is 32.7 Å². The molecule has 0 saturated carbocycles. The van der Waals surface area contributed by atoms with Crippen molar-refractivity contribution >= 4 is 16.9 Å². The van der Waals surface area contributed by atoms with Crippen LogP contribution < -0.4 is 4.74 Å². The maximum absolute atomic E-state index is 12.4. The van der Waals surface area contributed by atoms with Crippen LogP contribution in [0.15, 0.2) is 71.4 Å². The summed E-state index contributed by atoms with van der Waals surface area (Å²) in [7, 11) is 0. The van der Waals surface area contributed by atoms with Gasteiger partial charge in [0.25, 0.3) is 0 Å². The second kappa shape index (κ2) is 8.96. The van der Waals surface area contributed by atoms with Gasteiger partial charge in [-0.1, -0.05) is 6.07 Å². The number of imidazole rings is 1. The third-order valence-corrected chi connectivity index (χ3v) is 6.53. The number of aromatic nitrogens is 4. The van der Waals surface area contributed by atoms with E-state index in [2.05, 4.69) is 21.0 Å². The third-order valence-electron chi connectivity index (χ3n) is 6.53. The fourth-order valence-electron chi connectivity index (χ4n) is 4.80. The molecular formula is C28H25N5O3. The summed E-state index contributed by atoms with van der Waals surface area (Å²) in [5.41, 5.74) is 4.30. The van der Waals surface area contributed by atoms with E-state index < -0.39 is 0 Å². The van der Waals surface area contributed by atoms with Gasteiger partial charge < -0.3 is 19.0 Å². The van der Waals surface area contributed by atoms with E-state index in [1.54, 1.807) is 19.3 Å². The molecule has 5 aromatic rings. The number of pyridine rings is 1. The summed E-state index contributed by atoms with van der Waals surface area (Å²) in [6.45, 7) is 4.18. The molecule has 180 valence electrons. The topological polar surface area (TPSA) is 97.1 Å². The lowest BCUT2D eigenvalue weighted by Gasteiger charge is -2.25. The summed E-state index contributed by atoms with van der Waals surface area (Å²) in [5, 5.41) is 0. The average molecular weight is 480 g/mol. The number of hydrogen-bond acceptors (Lipinski definition) is 6. The minimum atomic E-state index is -0.0556. The van der Waals surface area contributed by atoms with E-state index in [0.29, 0.717) is 29.0 Å². The average Bonchev–Trinajstić information content (AvgIpc) is 3.64. The van der Waals surface area contributed by atoms with Crippen LogP contribution in [0.25, 0.3) is 33.9 Å². The fraction of sp³-hybridized carbons (Fsp3) is 0.214. The molecule has 4 heterocycles. The van der Waals surface area contributed by atoms with Gasteiger partial charge in [-0.3, -0.25) is 9.78 Å². The summed E-state index contributed by atoms with van der Waals surface area (Å²) >= 11 is 0. The highest BCUT2D eigenvalue weighted by molar-refractivity contribution is 5.82. The Labute approximate surface area is 208 Å². The van der Waals surface area contributed by atoms with E-state index in [1.807, 2.05) is 60.4 Å². The summed E-state index contributed by atoms with van der Waals surface area (Å²) in [6, 6.07) is 17.4. The number of amides is 1. The Kier molecular flexibility index (Phi) is 5.48. The van der Waals surface area contributed by atoms with Gasteiger partial charge in [-0.15, -0.1) is 0 Å². The van der Waals surface area contributed by atoms with Crippen molar-refractivity contribution in [2.24, 2.45) is 0 Å². The molecule has 0 aliphatic carbocycles. The van der Waals surface area contributed by atoms with Crippen LogP contribution in [0.1, 0.15) is 37.3 Å². The summed E-state index contributed by atoms with van der Waals surface area (Å²) < 4.78 is 12.0. The lowest BCUT2D eigenvalue weighted by atomic mass is 10.0. The Bertz CT molecular complexity index is 1540. The highest BCUT2D eigenvalue weighted by atomic mass is 16.5. The molecule has 6 rings (SSSR count). The maximum atomic E-state index is 12.4. The first-order valence-corrected chi connectivity index (χ1v) is 12.0. The molecule has 1 saturated heterocycles. The largest absolute Gasteiger partial charge is 0.457 e. The van der Waals surface area contributed by atoms with Gasteiger partial charge in [0.2, 0.25) is 5.91 Å². The Hall–Kier alpha value is -4.46. The first-order valence-electron chi connectivity index (χ1n) is 12.0. The number of ether oxygens (including phenoxy) is 1. The molecule has 8 heteroatoms. The van der Waals surface area contributed by atoms with Crippen LogP contribution in [0.3, 0.4) is 0 Å². The molecule has 1 aliphatic rings. The van der Waals surface area contributed by atoms with Crippen molar-refractivity contribution in [1.82, 2.24) is 24.8 Å². The molecule has 1 fully saturated rings. The van der Waals surface area contributed by atoms with Crippen LogP contribution in [-0.4, -0.2) is 37.3 Å². The van der Waals surface area contributed by atoms with Crippen LogP contribution in [0, 0.1) is 6.92 Å². The molecule has 1 atom stereocenters. The molecular weight excluding hydrogens is 454 g/mol. The smallest absolute Gasteiger partial charge is 0.219 e. The number of aromatic amines is 1. The number of nitrogens with zero attached hydrogens (tertiary/aromatic N) is 4.